The molecule has 5 nitrogen and oxygen atoms in total. The number of rotatable bonds is 6. The van der Waals surface area contributed by atoms with Crippen LogP contribution in [-0.2, 0) is 0 Å². The second-order valence-electron chi connectivity index (χ2n) is 16.0. The number of hydrogen-bond donors (Lipinski definition) is 0. The summed E-state index contributed by atoms with van der Waals surface area (Å²) in [5.41, 5.74) is 17.2. The van der Waals surface area contributed by atoms with E-state index in [2.05, 4.69) is 202 Å². The summed E-state index contributed by atoms with van der Waals surface area (Å²) in [7, 11) is 0. The first-order valence-electron chi connectivity index (χ1n) is 20.4. The van der Waals surface area contributed by atoms with Gasteiger partial charge in [0, 0.05) is 38.2 Å². The van der Waals surface area contributed by atoms with Crippen molar-refractivity contribution in [3.8, 4) is 62.1 Å². The Morgan fingerprint density at radius 3 is 1.63 bits per heavy atom. The molecule has 5 heteroatoms. The summed E-state index contributed by atoms with van der Waals surface area (Å²) in [4.78, 5) is 15.7. The van der Waals surface area contributed by atoms with Gasteiger partial charge in [-0.1, -0.05) is 138 Å². The zero-order chi connectivity index (χ0) is 40.5. The number of aryl methyl sites for hydroxylation is 4. The minimum atomic E-state index is 0.574. The lowest BCUT2D eigenvalue weighted by atomic mass is 9.94. The first kappa shape index (κ1) is 35.5. The zero-order valence-electron chi connectivity index (χ0n) is 33.9. The van der Waals surface area contributed by atoms with Crippen LogP contribution in [-0.4, -0.2) is 19.5 Å². The fourth-order valence-electron chi connectivity index (χ4n) is 9.11. The van der Waals surface area contributed by atoms with Gasteiger partial charge in [0.25, 0.3) is 0 Å². The van der Waals surface area contributed by atoms with Gasteiger partial charge in [-0.15, -0.1) is 0 Å². The normalized spacial score (nSPS) is 11.7. The minimum absolute atomic E-state index is 0.574. The van der Waals surface area contributed by atoms with Crippen LogP contribution in [0.5, 0.6) is 0 Å². The van der Waals surface area contributed by atoms with Gasteiger partial charge in [0.15, 0.2) is 11.6 Å². The third kappa shape index (κ3) is 6.06. The van der Waals surface area contributed by atoms with Crippen molar-refractivity contribution in [2.24, 2.45) is 0 Å². The second kappa shape index (κ2) is 14.0. The van der Waals surface area contributed by atoms with Crippen molar-refractivity contribution in [1.29, 1.82) is 0 Å². The van der Waals surface area contributed by atoms with E-state index >= 15 is 0 Å². The highest BCUT2D eigenvalue weighted by molar-refractivity contribution is 6.15. The number of furan rings is 1. The second-order valence-corrected chi connectivity index (χ2v) is 16.0. The molecular formula is C55H40N4O. The Balaban J connectivity index is 1.11. The largest absolute Gasteiger partial charge is 0.456 e. The summed E-state index contributed by atoms with van der Waals surface area (Å²) in [5.74, 6) is 1.85. The average Bonchev–Trinajstić information content (AvgIpc) is 3.81. The van der Waals surface area contributed by atoms with Gasteiger partial charge in [-0.25, -0.2) is 4.98 Å². The molecule has 3 aromatic heterocycles. The van der Waals surface area contributed by atoms with Crippen molar-refractivity contribution < 1.29 is 4.42 Å². The Kier molecular flexibility index (Phi) is 8.31. The summed E-state index contributed by atoms with van der Waals surface area (Å²) < 4.78 is 8.82. The topological polar surface area (TPSA) is 56.7 Å². The van der Waals surface area contributed by atoms with Crippen LogP contribution in [0.2, 0.25) is 0 Å². The Bertz CT molecular complexity index is 3370. The van der Waals surface area contributed by atoms with Gasteiger partial charge in [0.05, 0.1) is 11.0 Å². The fourth-order valence-corrected chi connectivity index (χ4v) is 9.11. The zero-order valence-corrected chi connectivity index (χ0v) is 33.9. The van der Waals surface area contributed by atoms with E-state index in [1.807, 2.05) is 0 Å². The molecule has 0 spiro atoms. The summed E-state index contributed by atoms with van der Waals surface area (Å²) >= 11 is 0. The van der Waals surface area contributed by atoms with Crippen LogP contribution in [0.15, 0.2) is 174 Å². The van der Waals surface area contributed by atoms with E-state index in [4.69, 9.17) is 19.4 Å². The molecule has 0 aliphatic carbocycles. The van der Waals surface area contributed by atoms with E-state index in [-0.39, 0.29) is 0 Å². The molecule has 0 N–H and O–H groups in total. The first-order chi connectivity index (χ1) is 29.3. The van der Waals surface area contributed by atoms with E-state index in [0.717, 1.165) is 93.8 Å². The molecule has 286 valence electrons. The molecule has 0 saturated carbocycles. The molecule has 11 rings (SSSR count). The molecule has 0 amide bonds. The van der Waals surface area contributed by atoms with E-state index in [1.165, 1.54) is 16.7 Å². The molecule has 0 unspecified atom stereocenters. The third-order valence-electron chi connectivity index (χ3n) is 11.6. The molecule has 8 aromatic carbocycles. The van der Waals surface area contributed by atoms with E-state index in [1.54, 1.807) is 0 Å². The molecule has 3 heterocycles. The number of benzene rings is 8. The van der Waals surface area contributed by atoms with Crippen LogP contribution in [0.4, 0.5) is 0 Å². The lowest BCUT2D eigenvalue weighted by Crippen LogP contribution is -2.07. The molecule has 0 aliphatic rings. The quantitative estimate of drug-likeness (QED) is 0.169. The van der Waals surface area contributed by atoms with Crippen LogP contribution >= 0.6 is 0 Å². The van der Waals surface area contributed by atoms with Crippen molar-refractivity contribution in [3.05, 3.63) is 192 Å². The van der Waals surface area contributed by atoms with Crippen LogP contribution in [0.3, 0.4) is 0 Å². The number of aromatic nitrogens is 4. The first-order valence-corrected chi connectivity index (χ1v) is 20.4. The number of hydrogen-bond acceptors (Lipinski definition) is 4. The standard InChI is InChI=1S/C55H40N4O/c1-33-25-34(2)28-40(27-33)53-56-54(41-29-35(3)26-36(4)30-41)58-55(57-53)59-49-20-11-10-17-45(49)47-19-12-18-44(52(47)59)38-22-24-50-48(31-38)46-23-21-39(32-51(46)60-50)43-16-9-8-15-42(43)37-13-6-5-7-14-37/h5-32H,1-4H3. The van der Waals surface area contributed by atoms with Crippen LogP contribution < -0.4 is 0 Å². The van der Waals surface area contributed by atoms with Crippen molar-refractivity contribution in [1.82, 2.24) is 19.5 Å². The van der Waals surface area contributed by atoms with Crippen molar-refractivity contribution in [3.63, 3.8) is 0 Å². The van der Waals surface area contributed by atoms with E-state index in [9.17, 15) is 0 Å². The third-order valence-corrected chi connectivity index (χ3v) is 11.6. The number of fused-ring (bicyclic) bond motifs is 6. The molecule has 0 radical (unpaired) electrons. The maximum atomic E-state index is 6.59. The monoisotopic (exact) mass is 772 g/mol. The van der Waals surface area contributed by atoms with Crippen molar-refractivity contribution >= 4 is 43.7 Å². The maximum absolute atomic E-state index is 6.59. The molecule has 60 heavy (non-hydrogen) atoms. The lowest BCUT2D eigenvalue weighted by molar-refractivity contribution is 0.669. The Labute approximate surface area is 348 Å². The fraction of sp³-hybridized carbons (Fsp3) is 0.0727. The van der Waals surface area contributed by atoms with Gasteiger partial charge >= 0.3 is 0 Å². The summed E-state index contributed by atoms with van der Waals surface area (Å²) in [5, 5.41) is 4.41. The minimum Gasteiger partial charge on any atom is -0.456 e. The van der Waals surface area contributed by atoms with Gasteiger partial charge in [0.2, 0.25) is 5.95 Å². The summed E-state index contributed by atoms with van der Waals surface area (Å²) in [6, 6.07) is 60.3. The predicted octanol–water partition coefficient (Wildman–Crippen LogP) is 14.4. The number of nitrogens with zero attached hydrogens (tertiary/aromatic N) is 4. The number of para-hydroxylation sites is 2. The van der Waals surface area contributed by atoms with Gasteiger partial charge in [0.1, 0.15) is 11.2 Å². The summed E-state index contributed by atoms with van der Waals surface area (Å²) in [6.07, 6.45) is 0. The van der Waals surface area contributed by atoms with Gasteiger partial charge < -0.3 is 4.42 Å². The molecule has 0 atom stereocenters. The van der Waals surface area contributed by atoms with Crippen LogP contribution in [0.25, 0.3) is 106 Å². The highest BCUT2D eigenvalue weighted by Gasteiger charge is 2.22. The molecule has 0 saturated heterocycles. The highest BCUT2D eigenvalue weighted by atomic mass is 16.3. The Hall–Kier alpha value is -7.63. The van der Waals surface area contributed by atoms with E-state index < -0.39 is 0 Å². The van der Waals surface area contributed by atoms with Gasteiger partial charge in [-0.3, -0.25) is 4.57 Å². The van der Waals surface area contributed by atoms with Crippen LogP contribution in [0.1, 0.15) is 22.3 Å². The maximum Gasteiger partial charge on any atom is 0.238 e. The predicted molar refractivity (Wildman–Crippen MR) is 248 cm³/mol. The molecule has 11 aromatic rings. The van der Waals surface area contributed by atoms with Gasteiger partial charge in [-0.2, -0.15) is 9.97 Å². The smallest absolute Gasteiger partial charge is 0.238 e. The lowest BCUT2D eigenvalue weighted by Gasteiger charge is -2.14. The molecular weight excluding hydrogens is 733 g/mol. The Morgan fingerprint density at radius 1 is 0.367 bits per heavy atom. The van der Waals surface area contributed by atoms with Gasteiger partial charge in [-0.05, 0) is 110 Å². The average molecular weight is 773 g/mol. The van der Waals surface area contributed by atoms with Crippen LogP contribution in [0, 0.1) is 27.7 Å². The highest BCUT2D eigenvalue weighted by Crippen LogP contribution is 2.41. The van der Waals surface area contributed by atoms with E-state index in [0.29, 0.717) is 17.6 Å². The summed E-state index contributed by atoms with van der Waals surface area (Å²) in [6.45, 7) is 8.47. The Morgan fingerprint density at radius 2 is 0.933 bits per heavy atom. The SMILES string of the molecule is Cc1cc(C)cc(-c2nc(-c3cc(C)cc(C)c3)nc(-n3c4ccccc4c4cccc(-c5ccc6oc7cc(-c8ccccc8-c8ccccc8)ccc7c6c5)c43)n2)c1. The van der Waals surface area contributed by atoms with Crippen molar-refractivity contribution in [2.45, 2.75) is 27.7 Å². The molecule has 0 bridgehead atoms. The van der Waals surface area contributed by atoms with Crippen molar-refractivity contribution in [2.75, 3.05) is 0 Å². The molecule has 0 aliphatic heterocycles. The molecule has 0 fully saturated rings.